The number of hydrogen-bond acceptors (Lipinski definition) is 2. The number of halogens is 1. The van der Waals surface area contributed by atoms with Crippen LogP contribution in [0.3, 0.4) is 0 Å². The summed E-state index contributed by atoms with van der Waals surface area (Å²) in [6.07, 6.45) is 7.56. The van der Waals surface area contributed by atoms with Crippen molar-refractivity contribution in [2.75, 3.05) is 0 Å². The normalized spacial score (nSPS) is 18.6. The third-order valence-electron chi connectivity index (χ3n) is 3.80. The van der Waals surface area contributed by atoms with Crippen molar-refractivity contribution >= 4 is 33.2 Å². The Balaban J connectivity index is 1.97. The summed E-state index contributed by atoms with van der Waals surface area (Å²) in [5.74, 6) is 0.751. The molecule has 1 heterocycles. The smallest absolute Gasteiger partial charge is 0.262 e. The standard InChI is InChI=1S/C14H20BrNOS/c1-2-12(10-6-4-3-5-7-10)16-14(17)13-11(15)8-9-18-13/h8-10,12H,2-7H2,1H3,(H,16,17). The summed E-state index contributed by atoms with van der Waals surface area (Å²) in [4.78, 5) is 13.0. The largest absolute Gasteiger partial charge is 0.348 e. The fourth-order valence-electron chi connectivity index (χ4n) is 2.78. The second-order valence-electron chi connectivity index (χ2n) is 4.98. The summed E-state index contributed by atoms with van der Waals surface area (Å²) in [6.45, 7) is 2.17. The van der Waals surface area contributed by atoms with Gasteiger partial charge in [-0.05, 0) is 52.6 Å². The van der Waals surface area contributed by atoms with E-state index in [2.05, 4.69) is 28.2 Å². The van der Waals surface area contributed by atoms with E-state index in [1.165, 1.54) is 43.4 Å². The Morgan fingerprint density at radius 2 is 2.22 bits per heavy atom. The molecule has 1 fully saturated rings. The van der Waals surface area contributed by atoms with Crippen LogP contribution in [0.1, 0.15) is 55.1 Å². The van der Waals surface area contributed by atoms with Crippen LogP contribution in [0.2, 0.25) is 0 Å². The van der Waals surface area contributed by atoms with Gasteiger partial charge in [-0.15, -0.1) is 11.3 Å². The number of rotatable bonds is 4. The first-order valence-corrected chi connectivity index (χ1v) is 8.43. The van der Waals surface area contributed by atoms with Gasteiger partial charge in [0.1, 0.15) is 4.88 Å². The molecule has 100 valence electrons. The first-order chi connectivity index (χ1) is 8.72. The molecule has 0 aliphatic heterocycles. The maximum atomic E-state index is 12.2. The summed E-state index contributed by atoms with van der Waals surface area (Å²) in [5.41, 5.74) is 0. The van der Waals surface area contributed by atoms with Gasteiger partial charge in [-0.25, -0.2) is 0 Å². The lowest BCUT2D eigenvalue weighted by Gasteiger charge is -2.30. The fourth-order valence-corrected chi connectivity index (χ4v) is 4.23. The lowest BCUT2D eigenvalue weighted by molar-refractivity contribution is 0.0914. The maximum Gasteiger partial charge on any atom is 0.262 e. The van der Waals surface area contributed by atoms with E-state index < -0.39 is 0 Å². The van der Waals surface area contributed by atoms with Gasteiger partial charge in [0.25, 0.3) is 5.91 Å². The molecule has 1 N–H and O–H groups in total. The van der Waals surface area contributed by atoms with E-state index in [4.69, 9.17) is 0 Å². The summed E-state index contributed by atoms with van der Waals surface area (Å²) >= 11 is 4.92. The van der Waals surface area contributed by atoms with E-state index >= 15 is 0 Å². The Hall–Kier alpha value is -0.350. The molecular weight excluding hydrogens is 310 g/mol. The highest BCUT2D eigenvalue weighted by Crippen LogP contribution is 2.29. The van der Waals surface area contributed by atoms with Gasteiger partial charge in [-0.3, -0.25) is 4.79 Å². The van der Waals surface area contributed by atoms with Crippen molar-refractivity contribution in [1.29, 1.82) is 0 Å². The van der Waals surface area contributed by atoms with Crippen molar-refractivity contribution in [3.8, 4) is 0 Å². The van der Waals surface area contributed by atoms with Crippen molar-refractivity contribution in [2.45, 2.75) is 51.5 Å². The van der Waals surface area contributed by atoms with Crippen LogP contribution in [-0.2, 0) is 0 Å². The van der Waals surface area contributed by atoms with Gasteiger partial charge in [-0.2, -0.15) is 0 Å². The third-order valence-corrected chi connectivity index (χ3v) is 5.64. The van der Waals surface area contributed by atoms with Crippen molar-refractivity contribution in [3.05, 3.63) is 20.8 Å². The van der Waals surface area contributed by atoms with Crippen LogP contribution in [0.5, 0.6) is 0 Å². The van der Waals surface area contributed by atoms with Crippen LogP contribution in [0, 0.1) is 5.92 Å². The average Bonchev–Trinajstić information content (AvgIpc) is 2.83. The Bertz CT molecular complexity index is 398. The van der Waals surface area contributed by atoms with Crippen molar-refractivity contribution in [2.24, 2.45) is 5.92 Å². The van der Waals surface area contributed by atoms with Gasteiger partial charge in [0.15, 0.2) is 0 Å². The minimum absolute atomic E-state index is 0.0781. The molecule has 18 heavy (non-hydrogen) atoms. The van der Waals surface area contributed by atoms with Crippen LogP contribution >= 0.6 is 27.3 Å². The quantitative estimate of drug-likeness (QED) is 0.859. The highest BCUT2D eigenvalue weighted by Gasteiger charge is 2.24. The molecule has 1 aromatic rings. The first-order valence-electron chi connectivity index (χ1n) is 6.76. The summed E-state index contributed by atoms with van der Waals surface area (Å²) in [6, 6.07) is 2.27. The van der Waals surface area contributed by atoms with Crippen molar-refractivity contribution in [3.63, 3.8) is 0 Å². The molecule has 0 saturated heterocycles. The van der Waals surface area contributed by atoms with Crippen LogP contribution in [0.15, 0.2) is 15.9 Å². The molecule has 1 aliphatic rings. The minimum atomic E-state index is 0.0781. The molecule has 1 unspecified atom stereocenters. The van der Waals surface area contributed by atoms with Crippen LogP contribution in [-0.4, -0.2) is 11.9 Å². The minimum Gasteiger partial charge on any atom is -0.348 e. The van der Waals surface area contributed by atoms with Gasteiger partial charge in [0.05, 0.1) is 0 Å². The lowest BCUT2D eigenvalue weighted by atomic mass is 9.83. The Kier molecular flexibility index (Phi) is 5.25. The topological polar surface area (TPSA) is 29.1 Å². The lowest BCUT2D eigenvalue weighted by Crippen LogP contribution is -2.40. The molecule has 0 aromatic carbocycles. The van der Waals surface area contributed by atoms with Crippen LogP contribution < -0.4 is 5.32 Å². The number of carbonyl (C=O) groups is 1. The summed E-state index contributed by atoms with van der Waals surface area (Å²) in [7, 11) is 0. The van der Waals surface area contributed by atoms with Gasteiger partial charge in [0, 0.05) is 10.5 Å². The molecule has 1 aliphatic carbocycles. The van der Waals surface area contributed by atoms with Gasteiger partial charge >= 0.3 is 0 Å². The Morgan fingerprint density at radius 3 is 2.78 bits per heavy atom. The number of carbonyl (C=O) groups excluding carboxylic acids is 1. The molecule has 0 spiro atoms. The van der Waals surface area contributed by atoms with Crippen LogP contribution in [0.25, 0.3) is 0 Å². The number of nitrogens with one attached hydrogen (secondary N) is 1. The molecule has 1 saturated carbocycles. The predicted octanol–water partition coefficient (Wildman–Crippen LogP) is 4.60. The zero-order valence-corrected chi connectivity index (χ0v) is 13.1. The van der Waals surface area contributed by atoms with E-state index in [1.807, 2.05) is 11.4 Å². The van der Waals surface area contributed by atoms with E-state index in [9.17, 15) is 4.79 Å². The summed E-state index contributed by atoms with van der Waals surface area (Å²) < 4.78 is 0.906. The Labute approximate surface area is 121 Å². The molecule has 2 rings (SSSR count). The molecule has 1 aromatic heterocycles. The molecule has 1 atom stereocenters. The Morgan fingerprint density at radius 1 is 1.50 bits per heavy atom. The van der Waals surface area contributed by atoms with E-state index in [0.717, 1.165) is 15.8 Å². The molecular formula is C14H20BrNOS. The highest BCUT2D eigenvalue weighted by atomic mass is 79.9. The third kappa shape index (κ3) is 3.35. The number of hydrogen-bond donors (Lipinski definition) is 1. The van der Waals surface area contributed by atoms with Crippen molar-refractivity contribution in [1.82, 2.24) is 5.32 Å². The average molecular weight is 330 g/mol. The monoisotopic (exact) mass is 329 g/mol. The molecule has 4 heteroatoms. The number of amides is 1. The highest BCUT2D eigenvalue weighted by molar-refractivity contribution is 9.10. The van der Waals surface area contributed by atoms with E-state index in [1.54, 1.807) is 0 Å². The second kappa shape index (κ2) is 6.71. The maximum absolute atomic E-state index is 12.2. The zero-order valence-electron chi connectivity index (χ0n) is 10.7. The SMILES string of the molecule is CCC(NC(=O)c1sccc1Br)C1CCCCC1. The second-order valence-corrected chi connectivity index (χ2v) is 6.75. The summed E-state index contributed by atoms with van der Waals surface area (Å²) in [5, 5.41) is 5.17. The fraction of sp³-hybridized carbons (Fsp3) is 0.643. The van der Waals surface area contributed by atoms with Gasteiger partial charge in [0.2, 0.25) is 0 Å². The molecule has 2 nitrogen and oxygen atoms in total. The zero-order chi connectivity index (χ0) is 13.0. The van der Waals surface area contributed by atoms with Crippen LogP contribution in [0.4, 0.5) is 0 Å². The van der Waals surface area contributed by atoms with Gasteiger partial charge in [-0.1, -0.05) is 26.2 Å². The first kappa shape index (κ1) is 14.1. The van der Waals surface area contributed by atoms with Gasteiger partial charge < -0.3 is 5.32 Å². The molecule has 0 bridgehead atoms. The van der Waals surface area contributed by atoms with E-state index in [-0.39, 0.29) is 5.91 Å². The number of thiophene rings is 1. The molecule has 0 radical (unpaired) electrons. The predicted molar refractivity (Wildman–Crippen MR) is 80.1 cm³/mol. The van der Waals surface area contributed by atoms with Crippen molar-refractivity contribution < 1.29 is 4.79 Å². The molecule has 1 amide bonds. The van der Waals surface area contributed by atoms with E-state index in [0.29, 0.717) is 12.0 Å².